The van der Waals surface area contributed by atoms with Crippen molar-refractivity contribution in [2.45, 2.75) is 19.3 Å². The quantitative estimate of drug-likeness (QED) is 0.788. The van der Waals surface area contributed by atoms with Gasteiger partial charge in [0.1, 0.15) is 0 Å². The smallest absolute Gasteiger partial charge is 0.0708 e. The molecule has 1 saturated carbocycles. The Balaban J connectivity index is 0.000000960. The molecule has 23 heavy (non-hydrogen) atoms. The lowest BCUT2D eigenvalue weighted by atomic mass is 9.85. The zero-order chi connectivity index (χ0) is 14.4. The van der Waals surface area contributed by atoms with Gasteiger partial charge in [-0.2, -0.15) is 0 Å². The van der Waals surface area contributed by atoms with Crippen LogP contribution < -0.4 is 0 Å². The van der Waals surface area contributed by atoms with Crippen molar-refractivity contribution in [3.05, 3.63) is 47.7 Å². The number of nitrogens with zero attached hydrogens (tertiary/aromatic N) is 2. The molecule has 2 aliphatic rings. The molecule has 4 rings (SSSR count). The average Bonchev–Trinajstić information content (AvgIpc) is 3.07. The molecule has 1 aromatic heterocycles. The first-order valence-electron chi connectivity index (χ1n) is 7.96. The fourth-order valence-electron chi connectivity index (χ4n) is 4.33. The van der Waals surface area contributed by atoms with E-state index < -0.39 is 0 Å². The summed E-state index contributed by atoms with van der Waals surface area (Å²) in [5.74, 6) is 1.59. The fraction of sp³-hybridized carbons (Fsp3) is 0.421. The lowest BCUT2D eigenvalue weighted by Gasteiger charge is -2.23. The van der Waals surface area contributed by atoms with Crippen molar-refractivity contribution in [3.8, 4) is 0 Å². The van der Waals surface area contributed by atoms with Crippen LogP contribution in [0.4, 0.5) is 0 Å². The number of aromatic nitrogens is 1. The molecule has 0 N–H and O–H groups in total. The normalized spacial score (nSPS) is 22.4. The highest BCUT2D eigenvalue weighted by Gasteiger charge is 2.39. The van der Waals surface area contributed by atoms with Crippen molar-refractivity contribution in [3.63, 3.8) is 0 Å². The van der Waals surface area contributed by atoms with Crippen LogP contribution in [-0.4, -0.2) is 30.5 Å². The molecule has 0 amide bonds. The van der Waals surface area contributed by atoms with Crippen molar-refractivity contribution in [1.82, 2.24) is 9.88 Å². The zero-order valence-electron chi connectivity index (χ0n) is 13.7. The maximum absolute atomic E-state index is 4.53. The number of hydrogen-bond acceptors (Lipinski definition) is 2. The first-order valence-corrected chi connectivity index (χ1v) is 7.96. The van der Waals surface area contributed by atoms with Crippen molar-refractivity contribution in [1.29, 1.82) is 0 Å². The Hall–Kier alpha value is -1.09. The van der Waals surface area contributed by atoms with E-state index in [0.29, 0.717) is 0 Å². The molecule has 0 saturated heterocycles. The van der Waals surface area contributed by atoms with Crippen LogP contribution in [0.5, 0.6) is 0 Å². The van der Waals surface area contributed by atoms with Gasteiger partial charge in [0.2, 0.25) is 0 Å². The summed E-state index contributed by atoms with van der Waals surface area (Å²) >= 11 is 0. The van der Waals surface area contributed by atoms with Gasteiger partial charge in [0.15, 0.2) is 0 Å². The lowest BCUT2D eigenvalue weighted by Crippen LogP contribution is -2.19. The molecule has 0 aliphatic heterocycles. The Bertz CT molecular complexity index is 719. The van der Waals surface area contributed by atoms with E-state index in [4.69, 9.17) is 0 Å². The second kappa shape index (κ2) is 7.21. The van der Waals surface area contributed by atoms with E-state index in [9.17, 15) is 0 Å². The van der Waals surface area contributed by atoms with E-state index in [1.165, 1.54) is 30.2 Å². The number of benzene rings is 1. The zero-order valence-corrected chi connectivity index (χ0v) is 15.3. The summed E-state index contributed by atoms with van der Waals surface area (Å²) in [7, 11) is 4.36. The Morgan fingerprint density at radius 2 is 1.83 bits per heavy atom. The van der Waals surface area contributed by atoms with E-state index in [-0.39, 0.29) is 24.8 Å². The highest BCUT2D eigenvalue weighted by atomic mass is 35.5. The van der Waals surface area contributed by atoms with Gasteiger partial charge < -0.3 is 4.90 Å². The summed E-state index contributed by atoms with van der Waals surface area (Å²) in [4.78, 5) is 6.85. The second-order valence-electron chi connectivity index (χ2n) is 6.76. The van der Waals surface area contributed by atoms with Gasteiger partial charge in [-0.05, 0) is 74.0 Å². The molecule has 2 atom stereocenters. The van der Waals surface area contributed by atoms with Gasteiger partial charge in [-0.15, -0.1) is 24.8 Å². The molecule has 1 aromatic carbocycles. The molecule has 4 heteroatoms. The van der Waals surface area contributed by atoms with Crippen LogP contribution in [0.1, 0.15) is 24.8 Å². The van der Waals surface area contributed by atoms with Gasteiger partial charge >= 0.3 is 0 Å². The van der Waals surface area contributed by atoms with Crippen LogP contribution in [0.3, 0.4) is 0 Å². The molecule has 0 radical (unpaired) electrons. The predicted molar refractivity (Wildman–Crippen MR) is 103 cm³/mol. The van der Waals surface area contributed by atoms with E-state index in [1.54, 1.807) is 11.1 Å². The minimum atomic E-state index is 0. The Kier molecular flexibility index (Phi) is 5.72. The van der Waals surface area contributed by atoms with Gasteiger partial charge in [0, 0.05) is 18.1 Å². The summed E-state index contributed by atoms with van der Waals surface area (Å²) in [6, 6.07) is 10.9. The highest BCUT2D eigenvalue weighted by molar-refractivity contribution is 5.93. The molecule has 0 spiro atoms. The summed E-state index contributed by atoms with van der Waals surface area (Å²) in [6.07, 6.45) is 6.02. The standard InChI is InChI=1S/C19H22N2.2ClH/c1-21(2)12-17-13-8-9-14(11-13)19(17)16-5-3-7-18-15(16)6-4-10-20-18;;/h3-7,10,13-14H,8-9,11-12H2,1-2H3;2*1H. The molecule has 2 nitrogen and oxygen atoms in total. The number of fused-ring (bicyclic) bond motifs is 3. The van der Waals surface area contributed by atoms with Crippen LogP contribution in [-0.2, 0) is 0 Å². The Morgan fingerprint density at radius 1 is 1.04 bits per heavy atom. The number of allylic oxidation sites excluding steroid dienone is 1. The van der Waals surface area contributed by atoms with Gasteiger partial charge in [-0.25, -0.2) is 0 Å². The number of rotatable bonds is 3. The molecule has 2 bridgehead atoms. The molecule has 2 unspecified atom stereocenters. The van der Waals surface area contributed by atoms with Gasteiger partial charge in [0.05, 0.1) is 5.52 Å². The lowest BCUT2D eigenvalue weighted by molar-refractivity contribution is 0.423. The number of pyridine rings is 1. The minimum absolute atomic E-state index is 0. The number of hydrogen-bond donors (Lipinski definition) is 0. The van der Waals surface area contributed by atoms with E-state index in [2.05, 4.69) is 54.3 Å². The van der Waals surface area contributed by atoms with Crippen LogP contribution in [0.2, 0.25) is 0 Å². The second-order valence-corrected chi connectivity index (χ2v) is 6.76. The third-order valence-corrected chi connectivity index (χ3v) is 5.10. The van der Waals surface area contributed by atoms with Crippen LogP contribution >= 0.6 is 24.8 Å². The van der Waals surface area contributed by atoms with E-state index in [0.717, 1.165) is 23.9 Å². The number of likely N-dealkylation sites (N-methyl/N-ethyl adjacent to an activating group) is 1. The van der Waals surface area contributed by atoms with Gasteiger partial charge in [0.25, 0.3) is 0 Å². The summed E-state index contributed by atoms with van der Waals surface area (Å²) in [6.45, 7) is 1.10. The predicted octanol–water partition coefficient (Wildman–Crippen LogP) is 4.82. The SMILES string of the molecule is CN(C)CC1=C(c2cccc3ncccc23)C2CCC1C2.Cl.Cl. The van der Waals surface area contributed by atoms with E-state index >= 15 is 0 Å². The molecule has 124 valence electrons. The third kappa shape index (κ3) is 3.13. The molecule has 2 aliphatic carbocycles. The molecular formula is C19H24Cl2N2. The first-order chi connectivity index (χ1) is 10.2. The maximum Gasteiger partial charge on any atom is 0.0708 e. The molecular weight excluding hydrogens is 327 g/mol. The van der Waals surface area contributed by atoms with Crippen LogP contribution in [0.15, 0.2) is 42.1 Å². The van der Waals surface area contributed by atoms with Crippen molar-refractivity contribution < 1.29 is 0 Å². The minimum Gasteiger partial charge on any atom is -0.305 e. The average molecular weight is 351 g/mol. The van der Waals surface area contributed by atoms with Gasteiger partial charge in [-0.1, -0.05) is 18.2 Å². The highest BCUT2D eigenvalue weighted by Crippen LogP contribution is 2.53. The summed E-state index contributed by atoms with van der Waals surface area (Å²) < 4.78 is 0. The van der Waals surface area contributed by atoms with E-state index in [1.807, 2.05) is 6.20 Å². The summed E-state index contributed by atoms with van der Waals surface area (Å²) in [5, 5.41) is 1.32. The first kappa shape index (κ1) is 18.3. The van der Waals surface area contributed by atoms with Gasteiger partial charge in [-0.3, -0.25) is 4.98 Å². The summed E-state index contributed by atoms with van der Waals surface area (Å²) in [5.41, 5.74) is 5.88. The third-order valence-electron chi connectivity index (χ3n) is 5.10. The Labute approximate surface area is 150 Å². The molecule has 2 aromatic rings. The Morgan fingerprint density at radius 3 is 2.61 bits per heavy atom. The number of halogens is 2. The van der Waals surface area contributed by atoms with Crippen LogP contribution in [0.25, 0.3) is 16.5 Å². The van der Waals surface area contributed by atoms with Crippen molar-refractivity contribution in [2.24, 2.45) is 11.8 Å². The topological polar surface area (TPSA) is 16.1 Å². The van der Waals surface area contributed by atoms with Crippen LogP contribution in [0, 0.1) is 11.8 Å². The van der Waals surface area contributed by atoms with Crippen molar-refractivity contribution in [2.75, 3.05) is 20.6 Å². The molecule has 1 heterocycles. The molecule has 1 fully saturated rings. The monoisotopic (exact) mass is 350 g/mol. The largest absolute Gasteiger partial charge is 0.305 e. The van der Waals surface area contributed by atoms with Crippen molar-refractivity contribution >= 4 is 41.3 Å². The maximum atomic E-state index is 4.53. The fourth-order valence-corrected chi connectivity index (χ4v) is 4.33.